The van der Waals surface area contributed by atoms with Gasteiger partial charge in [0.1, 0.15) is 5.60 Å². The number of carbonyl (C=O) groups excluding carboxylic acids is 2. The highest BCUT2D eigenvalue weighted by Crippen LogP contribution is 2.30. The number of aliphatic hydroxyl groups is 1. The molecule has 0 unspecified atom stereocenters. The van der Waals surface area contributed by atoms with Crippen molar-refractivity contribution < 1.29 is 24.2 Å². The summed E-state index contributed by atoms with van der Waals surface area (Å²) in [4.78, 5) is 22.4. The normalized spacial score (nSPS) is 17.2. The molecule has 1 aliphatic carbocycles. The first-order chi connectivity index (χ1) is 7.78. The Morgan fingerprint density at radius 3 is 2.47 bits per heavy atom. The summed E-state index contributed by atoms with van der Waals surface area (Å²) in [5, 5.41) is 11.6. The van der Waals surface area contributed by atoms with E-state index >= 15 is 0 Å². The van der Waals surface area contributed by atoms with Gasteiger partial charge in [0, 0.05) is 0 Å². The summed E-state index contributed by atoms with van der Waals surface area (Å²) in [6.07, 6.45) is -0.356. The Balaban J connectivity index is 2.16. The fourth-order valence-electron chi connectivity index (χ4n) is 1.08. The molecule has 98 valence electrons. The maximum atomic E-state index is 11.2. The summed E-state index contributed by atoms with van der Waals surface area (Å²) in [7, 11) is 0. The van der Waals surface area contributed by atoms with E-state index in [1.165, 1.54) is 0 Å². The predicted molar refractivity (Wildman–Crippen MR) is 59.1 cm³/mol. The highest BCUT2D eigenvalue weighted by Gasteiger charge is 2.32. The molecule has 1 fully saturated rings. The van der Waals surface area contributed by atoms with Crippen molar-refractivity contribution in [3.63, 3.8) is 0 Å². The fourth-order valence-corrected chi connectivity index (χ4v) is 1.08. The number of amides is 1. The lowest BCUT2D eigenvalue weighted by atomic mass is 10.2. The third-order valence-corrected chi connectivity index (χ3v) is 1.98. The number of esters is 1. The van der Waals surface area contributed by atoms with Crippen molar-refractivity contribution >= 4 is 12.1 Å². The van der Waals surface area contributed by atoms with E-state index in [0.29, 0.717) is 0 Å². The molecule has 0 aliphatic heterocycles. The molecule has 0 aromatic heterocycles. The minimum atomic E-state index is -1.32. The average Bonchev–Trinajstić information content (AvgIpc) is 2.94. The quantitative estimate of drug-likeness (QED) is 0.565. The lowest BCUT2D eigenvalue weighted by Crippen LogP contribution is -2.38. The SMILES string of the molecule is CC(C)(C)OC(=O)NC[C@@H](O)OC(=O)C1CC1. The molecule has 1 saturated carbocycles. The van der Waals surface area contributed by atoms with Gasteiger partial charge in [0.2, 0.25) is 6.29 Å². The summed E-state index contributed by atoms with van der Waals surface area (Å²) in [6, 6.07) is 0. The molecule has 2 N–H and O–H groups in total. The molecular weight excluding hydrogens is 226 g/mol. The number of hydrogen-bond donors (Lipinski definition) is 2. The zero-order valence-corrected chi connectivity index (χ0v) is 10.4. The van der Waals surface area contributed by atoms with Gasteiger partial charge in [-0.15, -0.1) is 0 Å². The highest BCUT2D eigenvalue weighted by atomic mass is 16.6. The van der Waals surface area contributed by atoms with Crippen LogP contribution in [0.25, 0.3) is 0 Å². The molecule has 6 heteroatoms. The van der Waals surface area contributed by atoms with E-state index in [1.807, 2.05) is 0 Å². The second-order valence-electron chi connectivity index (χ2n) is 5.05. The van der Waals surface area contributed by atoms with Gasteiger partial charge in [-0.05, 0) is 33.6 Å². The Bertz CT molecular complexity index is 293. The first-order valence-electron chi connectivity index (χ1n) is 5.63. The number of aliphatic hydroxyl groups excluding tert-OH is 1. The Kier molecular flexibility index (Phi) is 4.34. The molecular formula is C11H19NO5. The second kappa shape index (κ2) is 5.35. The number of nitrogens with one attached hydrogen (secondary N) is 1. The lowest BCUT2D eigenvalue weighted by Gasteiger charge is -2.20. The minimum Gasteiger partial charge on any atom is -0.444 e. The van der Waals surface area contributed by atoms with E-state index in [9.17, 15) is 14.7 Å². The van der Waals surface area contributed by atoms with Crippen LogP contribution in [0, 0.1) is 5.92 Å². The lowest BCUT2D eigenvalue weighted by molar-refractivity contribution is -0.168. The van der Waals surface area contributed by atoms with Gasteiger partial charge in [-0.25, -0.2) is 4.79 Å². The van der Waals surface area contributed by atoms with Gasteiger partial charge in [0.05, 0.1) is 12.5 Å². The Morgan fingerprint density at radius 2 is 2.00 bits per heavy atom. The molecule has 0 aromatic carbocycles. The van der Waals surface area contributed by atoms with Crippen molar-refractivity contribution in [3.8, 4) is 0 Å². The molecule has 1 aliphatic rings. The first kappa shape index (κ1) is 13.8. The molecule has 1 atom stereocenters. The van der Waals surface area contributed by atoms with Crippen LogP contribution in [-0.2, 0) is 14.3 Å². The van der Waals surface area contributed by atoms with E-state index in [0.717, 1.165) is 12.8 Å². The van der Waals surface area contributed by atoms with E-state index in [2.05, 4.69) is 5.32 Å². The number of hydrogen-bond acceptors (Lipinski definition) is 5. The topological polar surface area (TPSA) is 84.9 Å². The fraction of sp³-hybridized carbons (Fsp3) is 0.818. The molecule has 0 aromatic rings. The van der Waals surface area contributed by atoms with E-state index < -0.39 is 24.0 Å². The zero-order chi connectivity index (χ0) is 13.1. The van der Waals surface area contributed by atoms with Crippen molar-refractivity contribution in [2.75, 3.05) is 6.54 Å². The standard InChI is InChI=1S/C11H19NO5/c1-11(2,3)17-10(15)12-6-8(13)16-9(14)7-4-5-7/h7-8,13H,4-6H2,1-3H3,(H,12,15)/t8-/m0/s1. The summed E-state index contributed by atoms with van der Waals surface area (Å²) in [5.41, 5.74) is -0.597. The highest BCUT2D eigenvalue weighted by molar-refractivity contribution is 5.75. The molecule has 6 nitrogen and oxygen atoms in total. The van der Waals surface area contributed by atoms with Crippen LogP contribution < -0.4 is 5.32 Å². The number of carbonyl (C=O) groups is 2. The number of ether oxygens (including phenoxy) is 2. The smallest absolute Gasteiger partial charge is 0.407 e. The monoisotopic (exact) mass is 245 g/mol. The van der Waals surface area contributed by atoms with Crippen molar-refractivity contribution in [1.82, 2.24) is 5.32 Å². The number of alkyl carbamates (subject to hydrolysis) is 1. The van der Waals surface area contributed by atoms with Crippen molar-refractivity contribution in [3.05, 3.63) is 0 Å². The van der Waals surface area contributed by atoms with Crippen LogP contribution in [0.1, 0.15) is 33.6 Å². The van der Waals surface area contributed by atoms with Crippen molar-refractivity contribution in [2.45, 2.75) is 45.5 Å². The van der Waals surface area contributed by atoms with Crippen molar-refractivity contribution in [1.29, 1.82) is 0 Å². The summed E-state index contributed by atoms with van der Waals surface area (Å²) in [5.74, 6) is -0.491. The van der Waals surface area contributed by atoms with Gasteiger partial charge < -0.3 is 19.9 Å². The largest absolute Gasteiger partial charge is 0.444 e. The third-order valence-electron chi connectivity index (χ3n) is 1.98. The van der Waals surface area contributed by atoms with Crippen LogP contribution >= 0.6 is 0 Å². The predicted octanol–water partition coefficient (Wildman–Crippen LogP) is 0.783. The maximum absolute atomic E-state index is 11.2. The molecule has 0 heterocycles. The van der Waals surface area contributed by atoms with Gasteiger partial charge in [0.15, 0.2) is 0 Å². The van der Waals surface area contributed by atoms with Crippen molar-refractivity contribution in [2.24, 2.45) is 5.92 Å². The molecule has 1 amide bonds. The van der Waals surface area contributed by atoms with Gasteiger partial charge >= 0.3 is 12.1 Å². The van der Waals surface area contributed by atoms with Gasteiger partial charge in [-0.1, -0.05) is 0 Å². The van der Waals surface area contributed by atoms with Gasteiger partial charge in [0.25, 0.3) is 0 Å². The molecule has 0 saturated heterocycles. The first-order valence-corrected chi connectivity index (χ1v) is 5.63. The molecule has 0 spiro atoms. The molecule has 0 radical (unpaired) electrons. The Morgan fingerprint density at radius 1 is 1.41 bits per heavy atom. The number of rotatable bonds is 4. The minimum absolute atomic E-state index is 0.0776. The molecule has 0 bridgehead atoms. The maximum Gasteiger partial charge on any atom is 0.407 e. The van der Waals surface area contributed by atoms with E-state index in [1.54, 1.807) is 20.8 Å². The van der Waals surface area contributed by atoms with Gasteiger partial charge in [-0.2, -0.15) is 0 Å². The summed E-state index contributed by atoms with van der Waals surface area (Å²) in [6.45, 7) is 5.02. The van der Waals surface area contributed by atoms with Crippen LogP contribution in [-0.4, -0.2) is 35.6 Å². The second-order valence-corrected chi connectivity index (χ2v) is 5.05. The summed E-state index contributed by atoms with van der Waals surface area (Å²) >= 11 is 0. The van der Waals surface area contributed by atoms with Crippen LogP contribution in [0.3, 0.4) is 0 Å². The van der Waals surface area contributed by atoms with Crippen LogP contribution in [0.4, 0.5) is 4.79 Å². The molecule has 1 rings (SSSR count). The Labute approximate surface area is 100 Å². The summed E-state index contributed by atoms with van der Waals surface area (Å²) < 4.78 is 9.65. The zero-order valence-electron chi connectivity index (χ0n) is 10.4. The average molecular weight is 245 g/mol. The Hall–Kier alpha value is -1.30. The molecule has 17 heavy (non-hydrogen) atoms. The van der Waals surface area contributed by atoms with Gasteiger partial charge in [-0.3, -0.25) is 4.79 Å². The third kappa shape index (κ3) is 6.11. The van der Waals surface area contributed by atoms with E-state index in [4.69, 9.17) is 9.47 Å². The van der Waals surface area contributed by atoms with Crippen LogP contribution in [0.2, 0.25) is 0 Å². The van der Waals surface area contributed by atoms with E-state index in [-0.39, 0.29) is 12.5 Å². The van der Waals surface area contributed by atoms with Crippen LogP contribution in [0.15, 0.2) is 0 Å². The van der Waals surface area contributed by atoms with Crippen LogP contribution in [0.5, 0.6) is 0 Å².